The Kier molecular flexibility index (Phi) is 4.98. The Hall–Kier alpha value is -2.06. The smallest absolute Gasteiger partial charge is 0.125 e. The van der Waals surface area contributed by atoms with Gasteiger partial charge in [0, 0.05) is 47.8 Å². The third-order valence-corrected chi connectivity index (χ3v) is 7.40. The Balaban J connectivity index is 1.45. The van der Waals surface area contributed by atoms with Crippen LogP contribution in [0.1, 0.15) is 23.6 Å². The van der Waals surface area contributed by atoms with Crippen molar-refractivity contribution in [1.29, 1.82) is 0 Å². The van der Waals surface area contributed by atoms with Gasteiger partial charge in [-0.25, -0.2) is 9.97 Å². The molecule has 7 heteroatoms. The van der Waals surface area contributed by atoms with E-state index < -0.39 is 0 Å². The number of rotatable bonds is 6. The largest absolute Gasteiger partial charge is 0.385 e. The van der Waals surface area contributed by atoms with E-state index in [0.717, 1.165) is 41.3 Å². The van der Waals surface area contributed by atoms with Crippen LogP contribution < -0.4 is 10.6 Å². The maximum absolute atomic E-state index is 5.29. The van der Waals surface area contributed by atoms with Gasteiger partial charge in [-0.2, -0.15) is 0 Å². The van der Waals surface area contributed by atoms with Crippen LogP contribution in [0.3, 0.4) is 0 Å². The van der Waals surface area contributed by atoms with E-state index in [1.807, 2.05) is 23.0 Å². The number of benzene rings is 1. The first-order valence-corrected chi connectivity index (χ1v) is 11.2. The van der Waals surface area contributed by atoms with Crippen molar-refractivity contribution in [3.05, 3.63) is 46.9 Å². The molecule has 2 N–H and O–H groups in total. The maximum Gasteiger partial charge on any atom is 0.125 e. The van der Waals surface area contributed by atoms with Crippen LogP contribution >= 0.6 is 22.7 Å². The van der Waals surface area contributed by atoms with Crippen molar-refractivity contribution in [1.82, 2.24) is 15.3 Å². The van der Waals surface area contributed by atoms with Crippen LogP contribution in [0, 0.1) is 0 Å². The molecule has 1 aliphatic rings. The monoisotopic (exact) mass is 410 g/mol. The van der Waals surface area contributed by atoms with E-state index in [1.165, 1.54) is 21.4 Å². The molecule has 0 bridgehead atoms. The van der Waals surface area contributed by atoms with Crippen molar-refractivity contribution < 1.29 is 4.74 Å². The summed E-state index contributed by atoms with van der Waals surface area (Å²) in [4.78, 5) is 11.6. The van der Waals surface area contributed by atoms with Gasteiger partial charge in [0.25, 0.3) is 0 Å². The van der Waals surface area contributed by atoms with Gasteiger partial charge in [-0.05, 0) is 49.7 Å². The zero-order valence-electron chi connectivity index (χ0n) is 15.6. The normalized spacial score (nSPS) is 19.6. The highest BCUT2D eigenvalue weighted by Crippen LogP contribution is 2.39. The molecule has 0 amide bonds. The summed E-state index contributed by atoms with van der Waals surface area (Å²) < 4.78 is 6.50. The van der Waals surface area contributed by atoms with Gasteiger partial charge < -0.3 is 15.4 Å². The molecule has 1 aliphatic heterocycles. The molecule has 0 saturated carbocycles. The van der Waals surface area contributed by atoms with Gasteiger partial charge in [0.2, 0.25) is 0 Å². The minimum atomic E-state index is 0.483. The first kappa shape index (κ1) is 18.0. The second-order valence-corrected chi connectivity index (χ2v) is 9.07. The van der Waals surface area contributed by atoms with Crippen LogP contribution in [0.5, 0.6) is 0 Å². The summed E-state index contributed by atoms with van der Waals surface area (Å²) in [6.07, 6.45) is 4.10. The molecule has 5 nitrogen and oxygen atoms in total. The first-order chi connectivity index (χ1) is 13.8. The van der Waals surface area contributed by atoms with Crippen LogP contribution in [-0.4, -0.2) is 36.3 Å². The highest BCUT2D eigenvalue weighted by Gasteiger charge is 2.29. The van der Waals surface area contributed by atoms with Crippen molar-refractivity contribution in [3.63, 3.8) is 0 Å². The number of fused-ring (bicyclic) bond motifs is 2. The average molecular weight is 411 g/mol. The summed E-state index contributed by atoms with van der Waals surface area (Å²) >= 11 is 3.48. The van der Waals surface area contributed by atoms with Crippen LogP contribution in [0.4, 0.5) is 11.4 Å². The second kappa shape index (κ2) is 7.75. The first-order valence-electron chi connectivity index (χ1n) is 9.53. The Morgan fingerprint density at radius 2 is 2.21 bits per heavy atom. The minimum absolute atomic E-state index is 0.483. The van der Waals surface area contributed by atoms with Crippen LogP contribution in [-0.2, 0) is 4.74 Å². The van der Waals surface area contributed by atoms with Crippen molar-refractivity contribution in [2.24, 2.45) is 0 Å². The fourth-order valence-electron chi connectivity index (χ4n) is 4.00. The van der Waals surface area contributed by atoms with E-state index >= 15 is 0 Å². The predicted molar refractivity (Wildman–Crippen MR) is 118 cm³/mol. The molecule has 1 saturated heterocycles. The number of nitrogens with zero attached hydrogens (tertiary/aromatic N) is 2. The van der Waals surface area contributed by atoms with Crippen LogP contribution in [0.2, 0.25) is 0 Å². The quantitative estimate of drug-likeness (QED) is 0.461. The average Bonchev–Trinajstić information content (AvgIpc) is 3.44. The number of hydrogen-bond donors (Lipinski definition) is 2. The van der Waals surface area contributed by atoms with Gasteiger partial charge >= 0.3 is 0 Å². The molecule has 3 aromatic heterocycles. The molecular weight excluding hydrogens is 388 g/mol. The highest BCUT2D eigenvalue weighted by molar-refractivity contribution is 7.18. The molecule has 2 unspecified atom stereocenters. The van der Waals surface area contributed by atoms with Gasteiger partial charge in [0.15, 0.2) is 0 Å². The van der Waals surface area contributed by atoms with E-state index in [4.69, 9.17) is 4.74 Å². The van der Waals surface area contributed by atoms with Crippen LogP contribution in [0.15, 0.2) is 42.0 Å². The highest BCUT2D eigenvalue weighted by atomic mass is 32.1. The molecule has 28 heavy (non-hydrogen) atoms. The van der Waals surface area contributed by atoms with Crippen molar-refractivity contribution in [2.45, 2.75) is 24.8 Å². The molecule has 4 aromatic rings. The van der Waals surface area contributed by atoms with E-state index in [-0.39, 0.29) is 0 Å². The van der Waals surface area contributed by atoms with Gasteiger partial charge in [-0.15, -0.1) is 22.7 Å². The van der Waals surface area contributed by atoms with Crippen LogP contribution in [0.25, 0.3) is 20.4 Å². The van der Waals surface area contributed by atoms with Crippen molar-refractivity contribution in [3.8, 4) is 0 Å². The number of aromatic nitrogens is 2. The molecular formula is C21H22N4OS2. The molecule has 144 valence electrons. The molecule has 5 rings (SSSR count). The lowest BCUT2D eigenvalue weighted by Crippen LogP contribution is -2.26. The zero-order valence-corrected chi connectivity index (χ0v) is 17.3. The number of nitrogens with one attached hydrogen (secondary N) is 2. The summed E-state index contributed by atoms with van der Waals surface area (Å²) in [5.41, 5.74) is 5.07. The lowest BCUT2D eigenvalue weighted by atomic mass is 9.96. The predicted octanol–water partition coefficient (Wildman–Crippen LogP) is 5.13. The molecule has 2 atom stereocenters. The summed E-state index contributed by atoms with van der Waals surface area (Å²) in [6.45, 7) is 1.86. The number of anilines is 2. The molecule has 4 heterocycles. The molecule has 0 spiro atoms. The fraction of sp³-hybridized carbons (Fsp3) is 0.333. The molecule has 1 aromatic carbocycles. The van der Waals surface area contributed by atoms with Gasteiger partial charge in [-0.3, -0.25) is 0 Å². The maximum atomic E-state index is 5.29. The number of hydrogen-bond acceptors (Lipinski definition) is 7. The Morgan fingerprint density at radius 3 is 3.14 bits per heavy atom. The van der Waals surface area contributed by atoms with Gasteiger partial charge in [-0.1, -0.05) is 0 Å². The minimum Gasteiger partial charge on any atom is -0.385 e. The van der Waals surface area contributed by atoms with E-state index in [9.17, 15) is 0 Å². The molecule has 1 fully saturated rings. The summed E-state index contributed by atoms with van der Waals surface area (Å²) in [7, 11) is 1.77. The van der Waals surface area contributed by atoms with Crippen molar-refractivity contribution in [2.75, 3.05) is 25.6 Å². The number of methoxy groups -OCH3 is 1. The van der Waals surface area contributed by atoms with E-state index in [1.54, 1.807) is 18.4 Å². The SMILES string of the molecule is COCCC1NCCC1c1cc2c(Nc3ccc4scnc4c3)ccnc2s1. The number of pyridine rings is 1. The van der Waals surface area contributed by atoms with E-state index in [0.29, 0.717) is 12.0 Å². The topological polar surface area (TPSA) is 59.1 Å². The van der Waals surface area contributed by atoms with Crippen molar-refractivity contribution >= 4 is 54.5 Å². The number of ether oxygens (including phenoxy) is 1. The Labute approximate surface area is 171 Å². The van der Waals surface area contributed by atoms with E-state index in [2.05, 4.69) is 50.9 Å². The second-order valence-electron chi connectivity index (χ2n) is 7.12. The van der Waals surface area contributed by atoms with Gasteiger partial charge in [0.05, 0.1) is 21.4 Å². The summed E-state index contributed by atoms with van der Waals surface area (Å²) in [6, 6.07) is 11.2. The standard InChI is InChI=1S/C21H22N4OS2/c1-26-9-6-16-14(4-7-22-16)20-11-15-17(5-8-23-21(15)28-20)25-13-2-3-19-18(10-13)24-12-27-19/h2-3,5,8,10-12,14,16,22H,4,6-7,9H2,1H3,(H,23,25). The summed E-state index contributed by atoms with van der Waals surface area (Å²) in [5.74, 6) is 0.536. The Morgan fingerprint density at radius 1 is 1.25 bits per heavy atom. The summed E-state index contributed by atoms with van der Waals surface area (Å²) in [5, 5.41) is 8.40. The lowest BCUT2D eigenvalue weighted by Gasteiger charge is -2.17. The zero-order chi connectivity index (χ0) is 18.9. The third kappa shape index (κ3) is 3.39. The lowest BCUT2D eigenvalue weighted by molar-refractivity contribution is 0.183. The molecule has 0 aliphatic carbocycles. The fourth-order valence-corrected chi connectivity index (χ4v) is 5.88. The third-order valence-electron chi connectivity index (χ3n) is 5.41. The Bertz CT molecular complexity index is 1110. The number of thiophene rings is 1. The molecule has 0 radical (unpaired) electrons. The van der Waals surface area contributed by atoms with Gasteiger partial charge in [0.1, 0.15) is 4.83 Å². The number of thiazole rings is 1.